The van der Waals surface area contributed by atoms with E-state index < -0.39 is 0 Å². The summed E-state index contributed by atoms with van der Waals surface area (Å²) in [5.74, 6) is 0.872. The second-order valence-corrected chi connectivity index (χ2v) is 2.85. The van der Waals surface area contributed by atoms with Gasteiger partial charge in [0.2, 0.25) is 5.88 Å². The molecule has 0 saturated carbocycles. The van der Waals surface area contributed by atoms with Gasteiger partial charge in [0.25, 0.3) is 5.56 Å². The predicted octanol–water partition coefficient (Wildman–Crippen LogP) is 1.27. The zero-order valence-corrected chi connectivity index (χ0v) is 7.68. The van der Waals surface area contributed by atoms with Gasteiger partial charge in [0, 0.05) is 0 Å². The van der Waals surface area contributed by atoms with Crippen LogP contribution in [-0.4, -0.2) is 15.1 Å². The number of nitrogens with one attached hydrogen (secondary N) is 1. The average Bonchev–Trinajstić information content (AvgIpc) is 2.22. The predicted molar refractivity (Wildman–Crippen MR) is 53.0 cm³/mol. The minimum absolute atomic E-state index is 0.154. The summed E-state index contributed by atoms with van der Waals surface area (Å²) in [5.41, 5.74) is -0.279. The minimum Gasteiger partial charge on any atom is -0.508 e. The van der Waals surface area contributed by atoms with Crippen LogP contribution in [0.1, 0.15) is 0 Å². The first-order chi connectivity index (χ1) is 7.24. The van der Waals surface area contributed by atoms with Gasteiger partial charge >= 0.3 is 0 Å². The van der Waals surface area contributed by atoms with Crippen LogP contribution in [0, 0.1) is 0 Å². The van der Waals surface area contributed by atoms with Crippen LogP contribution < -0.4 is 10.3 Å². The molecule has 0 spiro atoms. The van der Waals surface area contributed by atoms with Crippen molar-refractivity contribution in [3.63, 3.8) is 0 Å². The van der Waals surface area contributed by atoms with E-state index in [1.54, 1.807) is 12.1 Å². The van der Waals surface area contributed by atoms with Crippen molar-refractivity contribution in [1.82, 2.24) is 9.97 Å². The highest BCUT2D eigenvalue weighted by Crippen LogP contribution is 2.20. The van der Waals surface area contributed by atoms with Crippen molar-refractivity contribution in [2.75, 3.05) is 0 Å². The quantitative estimate of drug-likeness (QED) is 0.772. The number of ether oxygens (including phenoxy) is 1. The van der Waals surface area contributed by atoms with Gasteiger partial charge in [-0.05, 0) is 24.3 Å². The van der Waals surface area contributed by atoms with Gasteiger partial charge in [-0.25, -0.2) is 4.98 Å². The molecular formula is C10H8N2O3. The standard InChI is InChI=1S/C10H8N2O3/c13-7-1-3-8(4-2-7)15-10-5-9(14)11-6-12-10/h1-6,13H,(H,11,12,14). The maximum Gasteiger partial charge on any atom is 0.254 e. The molecule has 76 valence electrons. The van der Waals surface area contributed by atoms with Gasteiger partial charge < -0.3 is 14.8 Å². The largest absolute Gasteiger partial charge is 0.508 e. The number of phenolic OH excluding ortho intramolecular Hbond substituents is 1. The Labute approximate surface area is 85.0 Å². The first kappa shape index (κ1) is 9.26. The molecule has 0 saturated heterocycles. The van der Waals surface area contributed by atoms with E-state index in [2.05, 4.69) is 9.97 Å². The van der Waals surface area contributed by atoms with E-state index >= 15 is 0 Å². The normalized spacial score (nSPS) is 9.87. The monoisotopic (exact) mass is 204 g/mol. The summed E-state index contributed by atoms with van der Waals surface area (Å²) in [5, 5.41) is 9.04. The van der Waals surface area contributed by atoms with Crippen molar-refractivity contribution < 1.29 is 9.84 Å². The number of aromatic hydroxyl groups is 1. The van der Waals surface area contributed by atoms with E-state index in [1.807, 2.05) is 0 Å². The Bertz CT molecular complexity index is 505. The molecule has 0 aliphatic rings. The number of phenols is 1. The number of hydrogen-bond acceptors (Lipinski definition) is 4. The number of nitrogens with zero attached hydrogens (tertiary/aromatic N) is 1. The number of rotatable bonds is 2. The average molecular weight is 204 g/mol. The zero-order chi connectivity index (χ0) is 10.7. The van der Waals surface area contributed by atoms with E-state index in [-0.39, 0.29) is 17.2 Å². The van der Waals surface area contributed by atoms with Gasteiger partial charge in [0.15, 0.2) is 0 Å². The fraction of sp³-hybridized carbons (Fsp3) is 0. The van der Waals surface area contributed by atoms with Crippen LogP contribution in [0.5, 0.6) is 17.4 Å². The Kier molecular flexibility index (Phi) is 2.37. The SMILES string of the molecule is O=c1cc(Oc2ccc(O)cc2)nc[nH]1. The fourth-order valence-electron chi connectivity index (χ4n) is 1.04. The molecule has 0 aliphatic carbocycles. The second kappa shape index (κ2) is 3.83. The molecule has 5 nitrogen and oxygen atoms in total. The Morgan fingerprint density at radius 1 is 1.27 bits per heavy atom. The highest BCUT2D eigenvalue weighted by Gasteiger charge is 1.98. The molecule has 2 aromatic rings. The molecule has 0 atom stereocenters. The number of H-pyrrole nitrogens is 1. The maximum atomic E-state index is 10.9. The number of aromatic nitrogens is 2. The van der Waals surface area contributed by atoms with Crippen LogP contribution in [-0.2, 0) is 0 Å². The van der Waals surface area contributed by atoms with Crippen molar-refractivity contribution in [2.45, 2.75) is 0 Å². The number of hydrogen-bond donors (Lipinski definition) is 2. The molecule has 1 heterocycles. The summed E-state index contributed by atoms with van der Waals surface area (Å²) in [7, 11) is 0. The third kappa shape index (κ3) is 2.34. The van der Waals surface area contributed by atoms with Crippen LogP contribution in [0.4, 0.5) is 0 Å². The van der Waals surface area contributed by atoms with E-state index in [4.69, 9.17) is 9.84 Å². The molecule has 0 radical (unpaired) electrons. The minimum atomic E-state index is -0.279. The van der Waals surface area contributed by atoms with Crippen LogP contribution in [0.15, 0.2) is 41.5 Å². The van der Waals surface area contributed by atoms with Gasteiger partial charge in [0.05, 0.1) is 12.4 Å². The molecule has 0 bridgehead atoms. The molecule has 2 rings (SSSR count). The Morgan fingerprint density at radius 2 is 2.00 bits per heavy atom. The topological polar surface area (TPSA) is 75.2 Å². The molecular weight excluding hydrogens is 196 g/mol. The van der Waals surface area contributed by atoms with Gasteiger partial charge in [-0.15, -0.1) is 0 Å². The Balaban J connectivity index is 2.22. The Hall–Kier alpha value is -2.30. The maximum absolute atomic E-state index is 10.9. The molecule has 0 unspecified atom stereocenters. The van der Waals surface area contributed by atoms with Crippen LogP contribution >= 0.6 is 0 Å². The summed E-state index contributed by atoms with van der Waals surface area (Å²) in [6, 6.07) is 7.38. The van der Waals surface area contributed by atoms with Gasteiger partial charge in [0.1, 0.15) is 11.5 Å². The lowest BCUT2D eigenvalue weighted by Crippen LogP contribution is -2.04. The highest BCUT2D eigenvalue weighted by molar-refractivity contribution is 5.32. The zero-order valence-electron chi connectivity index (χ0n) is 7.68. The lowest BCUT2D eigenvalue weighted by atomic mass is 10.3. The molecule has 5 heteroatoms. The van der Waals surface area contributed by atoms with Crippen LogP contribution in [0.25, 0.3) is 0 Å². The van der Waals surface area contributed by atoms with Crippen LogP contribution in [0.3, 0.4) is 0 Å². The molecule has 0 amide bonds. The Morgan fingerprint density at radius 3 is 2.67 bits per heavy atom. The smallest absolute Gasteiger partial charge is 0.254 e. The first-order valence-electron chi connectivity index (χ1n) is 4.26. The van der Waals surface area contributed by atoms with Crippen molar-refractivity contribution in [1.29, 1.82) is 0 Å². The summed E-state index contributed by atoms with van der Waals surface area (Å²) in [4.78, 5) is 17.1. The van der Waals surface area contributed by atoms with E-state index in [0.29, 0.717) is 5.75 Å². The molecule has 0 aliphatic heterocycles. The summed E-state index contributed by atoms with van der Waals surface area (Å²) >= 11 is 0. The molecule has 1 aromatic heterocycles. The number of benzene rings is 1. The lowest BCUT2D eigenvalue weighted by Gasteiger charge is -2.02. The van der Waals surface area contributed by atoms with Crippen molar-refractivity contribution in [3.8, 4) is 17.4 Å². The van der Waals surface area contributed by atoms with Gasteiger partial charge in [-0.2, -0.15) is 0 Å². The summed E-state index contributed by atoms with van der Waals surface area (Å²) in [6.45, 7) is 0. The fourth-order valence-corrected chi connectivity index (χ4v) is 1.04. The summed E-state index contributed by atoms with van der Waals surface area (Å²) in [6.07, 6.45) is 1.26. The van der Waals surface area contributed by atoms with Crippen molar-refractivity contribution >= 4 is 0 Å². The van der Waals surface area contributed by atoms with Crippen molar-refractivity contribution in [2.24, 2.45) is 0 Å². The van der Waals surface area contributed by atoms with Gasteiger partial charge in [-0.1, -0.05) is 0 Å². The third-order valence-electron chi connectivity index (χ3n) is 1.71. The third-order valence-corrected chi connectivity index (χ3v) is 1.71. The van der Waals surface area contributed by atoms with E-state index in [1.165, 1.54) is 24.5 Å². The van der Waals surface area contributed by atoms with E-state index in [0.717, 1.165) is 0 Å². The molecule has 1 aromatic carbocycles. The van der Waals surface area contributed by atoms with Gasteiger partial charge in [-0.3, -0.25) is 4.79 Å². The molecule has 0 fully saturated rings. The molecule has 15 heavy (non-hydrogen) atoms. The van der Waals surface area contributed by atoms with Crippen molar-refractivity contribution in [3.05, 3.63) is 47.0 Å². The lowest BCUT2D eigenvalue weighted by molar-refractivity contribution is 0.452. The summed E-state index contributed by atoms with van der Waals surface area (Å²) < 4.78 is 5.27. The van der Waals surface area contributed by atoms with E-state index in [9.17, 15) is 4.79 Å². The highest BCUT2D eigenvalue weighted by atomic mass is 16.5. The second-order valence-electron chi connectivity index (χ2n) is 2.85. The van der Waals surface area contributed by atoms with Crippen LogP contribution in [0.2, 0.25) is 0 Å². The first-order valence-corrected chi connectivity index (χ1v) is 4.26. The molecule has 2 N–H and O–H groups in total. The number of aromatic amines is 1.